The molecule has 0 saturated carbocycles. The maximum Gasteiger partial charge on any atom is 0.238 e. The molecular formula is C19H24N2O3. The highest BCUT2D eigenvalue weighted by atomic mass is 16.5. The second kappa shape index (κ2) is 10.4. The quantitative estimate of drug-likeness (QED) is 0.659. The van der Waals surface area contributed by atoms with E-state index in [2.05, 4.69) is 10.6 Å². The number of rotatable bonds is 10. The van der Waals surface area contributed by atoms with E-state index < -0.39 is 0 Å². The number of hydrogen-bond acceptors (Lipinski definition) is 4. The van der Waals surface area contributed by atoms with Gasteiger partial charge in [-0.1, -0.05) is 30.3 Å². The minimum Gasteiger partial charge on any atom is -0.489 e. The number of benzene rings is 2. The summed E-state index contributed by atoms with van der Waals surface area (Å²) >= 11 is 0. The minimum atomic E-state index is -0.0645. The van der Waals surface area contributed by atoms with Crippen molar-refractivity contribution in [3.05, 3.63) is 60.2 Å². The Bertz CT molecular complexity index is 600. The Balaban J connectivity index is 1.70. The summed E-state index contributed by atoms with van der Waals surface area (Å²) in [5.74, 6) is 0.708. The Morgan fingerprint density at radius 2 is 1.79 bits per heavy atom. The van der Waals surface area contributed by atoms with E-state index >= 15 is 0 Å². The van der Waals surface area contributed by atoms with Crippen LogP contribution in [0.25, 0.3) is 0 Å². The van der Waals surface area contributed by atoms with Crippen LogP contribution in [-0.2, 0) is 16.1 Å². The molecule has 0 radical (unpaired) electrons. The van der Waals surface area contributed by atoms with Crippen LogP contribution in [0.3, 0.4) is 0 Å². The first-order valence-electron chi connectivity index (χ1n) is 8.04. The Labute approximate surface area is 143 Å². The number of carbonyl (C=O) groups excluding carboxylic acids is 1. The lowest BCUT2D eigenvalue weighted by Crippen LogP contribution is -2.29. The van der Waals surface area contributed by atoms with Crippen LogP contribution >= 0.6 is 0 Å². The smallest absolute Gasteiger partial charge is 0.238 e. The van der Waals surface area contributed by atoms with E-state index in [4.69, 9.17) is 9.47 Å². The summed E-state index contributed by atoms with van der Waals surface area (Å²) < 4.78 is 10.7. The lowest BCUT2D eigenvalue weighted by atomic mass is 10.2. The molecule has 2 N–H and O–H groups in total. The van der Waals surface area contributed by atoms with Gasteiger partial charge in [0.15, 0.2) is 0 Å². The van der Waals surface area contributed by atoms with Crippen molar-refractivity contribution in [2.75, 3.05) is 32.1 Å². The normalized spacial score (nSPS) is 10.4. The summed E-state index contributed by atoms with van der Waals surface area (Å²) in [6, 6.07) is 17.4. The lowest BCUT2D eigenvalue weighted by Gasteiger charge is -2.09. The maximum atomic E-state index is 11.8. The zero-order chi connectivity index (χ0) is 17.0. The number of hydrogen-bond donors (Lipinski definition) is 2. The monoisotopic (exact) mass is 328 g/mol. The zero-order valence-electron chi connectivity index (χ0n) is 14.0. The highest BCUT2D eigenvalue weighted by Crippen LogP contribution is 2.17. The van der Waals surface area contributed by atoms with Crippen molar-refractivity contribution in [2.45, 2.75) is 13.0 Å². The fourth-order valence-corrected chi connectivity index (χ4v) is 2.12. The van der Waals surface area contributed by atoms with Gasteiger partial charge in [0, 0.05) is 19.4 Å². The van der Waals surface area contributed by atoms with Crippen molar-refractivity contribution in [2.24, 2.45) is 0 Å². The molecule has 2 rings (SSSR count). The molecule has 0 aliphatic heterocycles. The molecule has 24 heavy (non-hydrogen) atoms. The summed E-state index contributed by atoms with van der Waals surface area (Å²) in [4.78, 5) is 11.8. The summed E-state index contributed by atoms with van der Waals surface area (Å²) in [6.07, 6.45) is 0.886. The maximum absolute atomic E-state index is 11.8. The van der Waals surface area contributed by atoms with Crippen LogP contribution in [0.15, 0.2) is 54.6 Å². The third-order valence-corrected chi connectivity index (χ3v) is 3.37. The third-order valence-electron chi connectivity index (χ3n) is 3.37. The first-order valence-corrected chi connectivity index (χ1v) is 8.04. The van der Waals surface area contributed by atoms with E-state index in [1.54, 1.807) is 7.11 Å². The highest BCUT2D eigenvalue weighted by Gasteiger charge is 2.02. The van der Waals surface area contributed by atoms with E-state index in [-0.39, 0.29) is 12.5 Å². The van der Waals surface area contributed by atoms with E-state index in [1.165, 1.54) is 0 Å². The number of ether oxygens (including phenoxy) is 2. The van der Waals surface area contributed by atoms with Gasteiger partial charge in [0.2, 0.25) is 5.91 Å². The molecule has 0 unspecified atom stereocenters. The topological polar surface area (TPSA) is 59.6 Å². The van der Waals surface area contributed by atoms with Crippen molar-refractivity contribution >= 4 is 11.6 Å². The van der Waals surface area contributed by atoms with Gasteiger partial charge in [-0.15, -0.1) is 0 Å². The van der Waals surface area contributed by atoms with Crippen LogP contribution in [0.2, 0.25) is 0 Å². The van der Waals surface area contributed by atoms with Gasteiger partial charge in [-0.3, -0.25) is 4.79 Å². The largest absolute Gasteiger partial charge is 0.489 e. The standard InChI is InChI=1S/C19H24N2O3/c1-23-13-5-12-20-14-19(22)21-17-8-10-18(11-9-17)24-15-16-6-3-2-4-7-16/h2-4,6-11,20H,5,12-15H2,1H3,(H,21,22). The number of amides is 1. The molecule has 0 aliphatic rings. The van der Waals surface area contributed by atoms with Crippen molar-refractivity contribution in [1.82, 2.24) is 5.32 Å². The molecule has 1 amide bonds. The summed E-state index contributed by atoms with van der Waals surface area (Å²) in [5, 5.41) is 5.92. The van der Waals surface area contributed by atoms with E-state index in [0.29, 0.717) is 13.2 Å². The van der Waals surface area contributed by atoms with E-state index in [1.807, 2.05) is 54.6 Å². The molecule has 2 aromatic rings. The van der Waals surface area contributed by atoms with Crippen LogP contribution in [-0.4, -0.2) is 32.7 Å². The molecule has 0 atom stereocenters. The number of carbonyl (C=O) groups is 1. The molecule has 0 bridgehead atoms. The average molecular weight is 328 g/mol. The van der Waals surface area contributed by atoms with Crippen molar-refractivity contribution in [3.8, 4) is 5.75 Å². The molecule has 2 aromatic carbocycles. The van der Waals surface area contributed by atoms with E-state index in [9.17, 15) is 4.79 Å². The molecule has 0 heterocycles. The number of methoxy groups -OCH3 is 1. The molecule has 0 spiro atoms. The SMILES string of the molecule is COCCCNCC(=O)Nc1ccc(OCc2ccccc2)cc1. The Morgan fingerprint density at radius 3 is 2.50 bits per heavy atom. The van der Waals surface area contributed by atoms with Gasteiger partial charge in [-0.05, 0) is 42.8 Å². The molecule has 5 heteroatoms. The van der Waals surface area contributed by atoms with Crippen LogP contribution < -0.4 is 15.4 Å². The molecule has 5 nitrogen and oxygen atoms in total. The summed E-state index contributed by atoms with van der Waals surface area (Å²) in [7, 11) is 1.67. The Morgan fingerprint density at radius 1 is 1.04 bits per heavy atom. The Kier molecular flexibility index (Phi) is 7.80. The van der Waals surface area contributed by atoms with Crippen LogP contribution in [0.5, 0.6) is 5.75 Å². The fraction of sp³-hybridized carbons (Fsp3) is 0.316. The van der Waals surface area contributed by atoms with Gasteiger partial charge in [-0.25, -0.2) is 0 Å². The lowest BCUT2D eigenvalue weighted by molar-refractivity contribution is -0.115. The van der Waals surface area contributed by atoms with Gasteiger partial charge < -0.3 is 20.1 Å². The molecule has 128 valence electrons. The van der Waals surface area contributed by atoms with Crippen molar-refractivity contribution < 1.29 is 14.3 Å². The predicted octanol–water partition coefficient (Wildman–Crippen LogP) is 2.83. The summed E-state index contributed by atoms with van der Waals surface area (Å²) in [5.41, 5.74) is 1.88. The van der Waals surface area contributed by atoms with Crippen LogP contribution in [0.4, 0.5) is 5.69 Å². The predicted molar refractivity (Wildman–Crippen MR) is 95.2 cm³/mol. The molecular weight excluding hydrogens is 304 g/mol. The van der Waals surface area contributed by atoms with Gasteiger partial charge in [0.1, 0.15) is 12.4 Å². The van der Waals surface area contributed by atoms with E-state index in [0.717, 1.165) is 30.0 Å². The molecule has 0 aliphatic carbocycles. The van der Waals surface area contributed by atoms with Gasteiger partial charge in [0.25, 0.3) is 0 Å². The minimum absolute atomic E-state index is 0.0645. The first kappa shape index (κ1) is 18.0. The fourth-order valence-electron chi connectivity index (χ4n) is 2.12. The number of nitrogens with one attached hydrogen (secondary N) is 2. The second-order valence-corrected chi connectivity index (χ2v) is 5.37. The van der Waals surface area contributed by atoms with Crippen LogP contribution in [0.1, 0.15) is 12.0 Å². The van der Waals surface area contributed by atoms with Crippen molar-refractivity contribution in [1.29, 1.82) is 0 Å². The molecule has 0 saturated heterocycles. The van der Waals surface area contributed by atoms with Crippen molar-refractivity contribution in [3.63, 3.8) is 0 Å². The van der Waals surface area contributed by atoms with Gasteiger partial charge in [0.05, 0.1) is 6.54 Å². The second-order valence-electron chi connectivity index (χ2n) is 5.37. The van der Waals surface area contributed by atoms with Crippen LogP contribution in [0, 0.1) is 0 Å². The molecule has 0 fully saturated rings. The Hall–Kier alpha value is -2.37. The zero-order valence-corrected chi connectivity index (χ0v) is 14.0. The van der Waals surface area contributed by atoms with Gasteiger partial charge >= 0.3 is 0 Å². The highest BCUT2D eigenvalue weighted by molar-refractivity contribution is 5.92. The average Bonchev–Trinajstić information content (AvgIpc) is 2.62. The number of anilines is 1. The summed E-state index contributed by atoms with van der Waals surface area (Å²) in [6.45, 7) is 2.26. The van der Waals surface area contributed by atoms with Gasteiger partial charge in [-0.2, -0.15) is 0 Å². The molecule has 0 aromatic heterocycles. The third kappa shape index (κ3) is 6.81. The first-order chi connectivity index (χ1) is 11.8.